The zero-order valence-electron chi connectivity index (χ0n) is 39.5. The SMILES string of the molecule is [C-]#[N+]C1(n2cnnc2)CCC(CO[C@H](C)c2cc(C(F)(F)F)cc(C(F)(F)F)c2)(c2ccccc2)CC1.[C-]#[N+][C@@]1(n2cnnc2)CC[C@@](CO[C@H](C)c2cc(C(F)(F)F)cc(C(F)(F)F)c2)(c2ccccc2)NC1. The van der Waals surface area contributed by atoms with Crippen molar-refractivity contribution in [2.24, 2.45) is 0 Å². The molecule has 2 fully saturated rings. The molecule has 6 aromatic rings. The van der Waals surface area contributed by atoms with Crippen LogP contribution in [0.15, 0.2) is 122 Å². The minimum Gasteiger partial charge on any atom is -0.373 e. The molecular weight excluding hydrogens is 999 g/mol. The number of benzene rings is 4. The summed E-state index contributed by atoms with van der Waals surface area (Å²) in [6.45, 7) is 18.7. The van der Waals surface area contributed by atoms with Crippen LogP contribution in [0.4, 0.5) is 52.7 Å². The molecule has 2 aromatic heterocycles. The van der Waals surface area contributed by atoms with Gasteiger partial charge in [-0.15, -0.1) is 20.4 Å². The van der Waals surface area contributed by atoms with E-state index in [-0.39, 0.29) is 43.0 Å². The number of piperidine rings is 1. The lowest BCUT2D eigenvalue weighted by molar-refractivity contribution is -0.145. The lowest BCUT2D eigenvalue weighted by Crippen LogP contribution is -2.57. The minimum atomic E-state index is -4.95. The van der Waals surface area contributed by atoms with Gasteiger partial charge in [-0.1, -0.05) is 60.7 Å². The van der Waals surface area contributed by atoms with Crippen molar-refractivity contribution in [2.45, 2.75) is 112 Å². The van der Waals surface area contributed by atoms with Gasteiger partial charge in [0.15, 0.2) is 0 Å². The maximum atomic E-state index is 13.3. The molecule has 11 nitrogen and oxygen atoms in total. The van der Waals surface area contributed by atoms with Gasteiger partial charge in [0, 0.05) is 18.3 Å². The minimum absolute atomic E-state index is 0.0496. The van der Waals surface area contributed by atoms with Crippen molar-refractivity contribution < 1.29 is 62.2 Å². The number of halogens is 12. The molecule has 0 radical (unpaired) electrons. The van der Waals surface area contributed by atoms with Crippen LogP contribution < -0.4 is 5.32 Å². The molecule has 1 saturated heterocycles. The van der Waals surface area contributed by atoms with Gasteiger partial charge in [0.25, 0.3) is 0 Å². The molecule has 0 unspecified atom stereocenters. The fourth-order valence-corrected chi connectivity index (χ4v) is 9.35. The fourth-order valence-electron chi connectivity index (χ4n) is 9.35. The summed E-state index contributed by atoms with van der Waals surface area (Å²) in [5, 5.41) is 18.6. The van der Waals surface area contributed by atoms with Crippen LogP contribution in [0.1, 0.15) is 109 Å². The fraction of sp³-hybridized carbons (Fsp3) is 0.412. The smallest absolute Gasteiger partial charge is 0.373 e. The van der Waals surface area contributed by atoms with Crippen LogP contribution in [-0.2, 0) is 56.5 Å². The molecule has 0 spiro atoms. The molecule has 4 aromatic carbocycles. The van der Waals surface area contributed by atoms with Crippen LogP contribution in [0, 0.1) is 13.1 Å². The van der Waals surface area contributed by atoms with Gasteiger partial charge in [0.1, 0.15) is 25.3 Å². The van der Waals surface area contributed by atoms with Crippen LogP contribution in [-0.4, -0.2) is 49.3 Å². The molecule has 392 valence electrons. The van der Waals surface area contributed by atoms with E-state index in [4.69, 9.17) is 22.6 Å². The van der Waals surface area contributed by atoms with Crippen LogP contribution in [0.2, 0.25) is 0 Å². The van der Waals surface area contributed by atoms with Gasteiger partial charge < -0.3 is 9.47 Å². The van der Waals surface area contributed by atoms with Crippen LogP contribution in [0.3, 0.4) is 0 Å². The van der Waals surface area contributed by atoms with Crippen LogP contribution in [0.25, 0.3) is 9.69 Å². The van der Waals surface area contributed by atoms with Crippen molar-refractivity contribution in [1.29, 1.82) is 0 Å². The van der Waals surface area contributed by atoms with E-state index < -0.39 is 81.4 Å². The molecule has 1 aliphatic heterocycles. The summed E-state index contributed by atoms with van der Waals surface area (Å²) < 4.78 is 175. The largest absolute Gasteiger partial charge is 0.416 e. The Morgan fingerprint density at radius 2 is 0.878 bits per heavy atom. The van der Waals surface area contributed by atoms with E-state index >= 15 is 0 Å². The second-order valence-corrected chi connectivity index (χ2v) is 18.5. The zero-order chi connectivity index (χ0) is 53.8. The summed E-state index contributed by atoms with van der Waals surface area (Å²) >= 11 is 0. The molecule has 23 heteroatoms. The molecule has 2 aliphatic rings. The molecular formula is C51H47F12N9O2. The van der Waals surface area contributed by atoms with Crippen molar-refractivity contribution in [3.63, 3.8) is 0 Å². The van der Waals surface area contributed by atoms with E-state index in [2.05, 4.69) is 35.4 Å². The summed E-state index contributed by atoms with van der Waals surface area (Å²) in [4.78, 5) is 7.67. The van der Waals surface area contributed by atoms with Gasteiger partial charge >= 0.3 is 36.0 Å². The Bertz CT molecular complexity index is 2620. The average molecular weight is 1050 g/mol. The summed E-state index contributed by atoms with van der Waals surface area (Å²) in [5.41, 5.74) is -7.46. The average Bonchev–Trinajstić information content (AvgIpc) is 4.15. The predicted octanol–water partition coefficient (Wildman–Crippen LogP) is 13.1. The monoisotopic (exact) mass is 1050 g/mol. The second-order valence-electron chi connectivity index (χ2n) is 18.5. The van der Waals surface area contributed by atoms with E-state index in [9.17, 15) is 52.7 Å². The van der Waals surface area contributed by atoms with E-state index in [1.54, 1.807) is 9.13 Å². The number of hydrogen-bond acceptors (Lipinski definition) is 7. The van der Waals surface area contributed by atoms with Gasteiger partial charge in [-0.05, 0) is 91.8 Å². The lowest BCUT2D eigenvalue weighted by Gasteiger charge is -2.43. The van der Waals surface area contributed by atoms with E-state index in [1.807, 2.05) is 60.7 Å². The molecule has 1 N–H and O–H groups in total. The van der Waals surface area contributed by atoms with Crippen molar-refractivity contribution in [1.82, 2.24) is 34.8 Å². The molecule has 3 heterocycles. The zero-order valence-corrected chi connectivity index (χ0v) is 39.5. The third-order valence-corrected chi connectivity index (χ3v) is 13.9. The normalized spacial score (nSPS) is 23.4. The molecule has 1 saturated carbocycles. The maximum Gasteiger partial charge on any atom is 0.416 e. The van der Waals surface area contributed by atoms with E-state index in [1.165, 1.54) is 39.2 Å². The third kappa shape index (κ3) is 12.1. The molecule has 1 aliphatic carbocycles. The lowest BCUT2D eigenvalue weighted by atomic mass is 9.67. The second kappa shape index (κ2) is 21.2. The highest BCUT2D eigenvalue weighted by Gasteiger charge is 2.51. The van der Waals surface area contributed by atoms with Crippen LogP contribution >= 0.6 is 0 Å². The first-order chi connectivity index (χ1) is 34.8. The molecule has 74 heavy (non-hydrogen) atoms. The molecule has 8 rings (SSSR count). The van der Waals surface area contributed by atoms with Gasteiger partial charge in [0.05, 0.1) is 66.2 Å². The highest BCUT2D eigenvalue weighted by Crippen LogP contribution is 2.48. The predicted molar refractivity (Wildman–Crippen MR) is 243 cm³/mol. The highest BCUT2D eigenvalue weighted by atomic mass is 19.4. The Kier molecular flexibility index (Phi) is 15.7. The van der Waals surface area contributed by atoms with Crippen molar-refractivity contribution in [3.05, 3.63) is 190 Å². The Hall–Kier alpha value is -6.82. The summed E-state index contributed by atoms with van der Waals surface area (Å²) in [7, 11) is 0. The Morgan fingerprint density at radius 1 is 0.514 bits per heavy atom. The third-order valence-electron chi connectivity index (χ3n) is 13.9. The van der Waals surface area contributed by atoms with Crippen molar-refractivity contribution >= 4 is 0 Å². The summed E-state index contributed by atoms with van der Waals surface area (Å²) in [5.74, 6) is 0. The first kappa shape index (κ1) is 54.9. The first-order valence-corrected chi connectivity index (χ1v) is 22.9. The van der Waals surface area contributed by atoms with E-state index in [0.717, 1.165) is 11.1 Å². The Morgan fingerprint density at radius 3 is 1.24 bits per heavy atom. The number of hydrogen-bond donors (Lipinski definition) is 1. The van der Waals surface area contributed by atoms with Gasteiger partial charge in [0.2, 0.25) is 0 Å². The number of aromatic nitrogens is 6. The Balaban J connectivity index is 0.000000216. The number of ether oxygens (including phenoxy) is 2. The standard InChI is InChI=1S/C26H24F6N4O.C25H23F6N5O/c1-18(19-12-21(25(27,28)29)14-22(13-19)26(30,31)32)37-15-23(20-6-4-3-5-7-20)8-10-24(33-2,11-9-23)36-16-34-35-17-36;1-17(18-10-20(24(26,27)28)12-21(11-18)25(29,30)31)37-14-22(19-6-4-3-5-7-19)8-9-23(32-2,13-33-22)36-15-34-35-16-36/h3-7,12-14,16-18H,8-11,15H2,1H3;3-7,10-12,15-17,33H,8-9,13-14H2,1H3/t18-,23?,24?;17-,22-,23-/m11/s1. The Labute approximate surface area is 417 Å². The quantitative estimate of drug-likeness (QED) is 0.0962. The summed E-state index contributed by atoms with van der Waals surface area (Å²) in [6, 6.07) is 21.6. The first-order valence-electron chi connectivity index (χ1n) is 22.9. The molecule has 0 amide bonds. The van der Waals surface area contributed by atoms with Gasteiger partial charge in [-0.2, -0.15) is 52.7 Å². The molecule has 0 bridgehead atoms. The summed E-state index contributed by atoms with van der Waals surface area (Å²) in [6.07, 6.45) is -13.2. The number of alkyl halides is 12. The van der Waals surface area contributed by atoms with Crippen LogP contribution in [0.5, 0.6) is 0 Å². The number of nitrogens with zero attached hydrogens (tertiary/aromatic N) is 8. The molecule has 4 atom stereocenters. The number of nitrogens with one attached hydrogen (secondary N) is 1. The van der Waals surface area contributed by atoms with Gasteiger partial charge in [-0.25, -0.2) is 22.3 Å². The van der Waals surface area contributed by atoms with Crippen molar-refractivity contribution in [2.75, 3.05) is 19.8 Å². The topological polar surface area (TPSA) is 101 Å². The number of rotatable bonds is 12. The van der Waals surface area contributed by atoms with Gasteiger partial charge in [-0.3, -0.25) is 15.0 Å². The maximum absolute atomic E-state index is 13.3. The van der Waals surface area contributed by atoms with Crippen molar-refractivity contribution in [3.8, 4) is 0 Å². The highest BCUT2D eigenvalue weighted by molar-refractivity contribution is 5.37. The van der Waals surface area contributed by atoms with E-state index in [0.29, 0.717) is 62.8 Å².